The Morgan fingerprint density at radius 2 is 1.76 bits per heavy atom. The van der Waals surface area contributed by atoms with Gasteiger partial charge in [0.2, 0.25) is 6.41 Å². The Morgan fingerprint density at radius 3 is 2.46 bits per heavy atom. The van der Waals surface area contributed by atoms with Gasteiger partial charge in [-0.05, 0) is 75.3 Å². The van der Waals surface area contributed by atoms with Crippen LogP contribution in [0.3, 0.4) is 0 Å². The van der Waals surface area contributed by atoms with Crippen LogP contribution in [0.25, 0.3) is 11.0 Å². The molecule has 0 aliphatic rings. The molecule has 9 heteroatoms. The fourth-order valence-corrected chi connectivity index (χ4v) is 4.34. The van der Waals surface area contributed by atoms with Crippen LogP contribution in [0.1, 0.15) is 49.3 Å². The van der Waals surface area contributed by atoms with E-state index in [0.29, 0.717) is 19.6 Å². The van der Waals surface area contributed by atoms with Crippen LogP contribution in [-0.4, -0.2) is 60.1 Å². The lowest BCUT2D eigenvalue weighted by Gasteiger charge is -2.16. The number of carbonyl (C=O) groups is 1. The third-order valence-corrected chi connectivity index (χ3v) is 6.53. The number of hydrogen-bond acceptors (Lipinski definition) is 7. The van der Waals surface area contributed by atoms with E-state index in [2.05, 4.69) is 76.5 Å². The Kier molecular flexibility index (Phi) is 12.9. The second kappa shape index (κ2) is 16.9. The molecule has 0 saturated carbocycles. The van der Waals surface area contributed by atoms with Crippen molar-refractivity contribution in [3.63, 3.8) is 0 Å². The molecule has 0 aliphatic carbocycles. The molecule has 2 aromatic heterocycles. The van der Waals surface area contributed by atoms with E-state index < -0.39 is 0 Å². The molecule has 0 aliphatic heterocycles. The van der Waals surface area contributed by atoms with E-state index in [1.54, 1.807) is 13.4 Å². The second-order valence-corrected chi connectivity index (χ2v) is 10.1. The summed E-state index contributed by atoms with van der Waals surface area (Å²) in [4.78, 5) is 23.7. The number of rotatable bonds is 15. The van der Waals surface area contributed by atoms with E-state index in [4.69, 9.17) is 14.3 Å². The third kappa shape index (κ3) is 10.1. The number of fused-ring (bicyclic) bond motifs is 1. The predicted molar refractivity (Wildman–Crippen MR) is 166 cm³/mol. The first kappa shape index (κ1) is 31.4. The van der Waals surface area contributed by atoms with Crippen LogP contribution in [-0.2, 0) is 11.3 Å². The number of aryl methyl sites for hydroxylation is 2. The molecule has 0 atom stereocenters. The number of unbranched alkanes of at least 4 members (excludes halogenated alkanes) is 2. The second-order valence-electron chi connectivity index (χ2n) is 10.1. The Labute approximate surface area is 243 Å². The number of aromatic nitrogens is 3. The zero-order chi connectivity index (χ0) is 29.5. The largest absolute Gasteiger partial charge is 0.493 e. The van der Waals surface area contributed by atoms with Gasteiger partial charge >= 0.3 is 0 Å². The molecule has 1 amide bonds. The van der Waals surface area contributed by atoms with E-state index in [0.717, 1.165) is 59.1 Å². The Hall–Kier alpha value is -4.11. The summed E-state index contributed by atoms with van der Waals surface area (Å²) >= 11 is 0. The normalized spacial score (nSPS) is 10.7. The van der Waals surface area contributed by atoms with Gasteiger partial charge in [0.25, 0.3) is 0 Å². The minimum atomic E-state index is 0.602. The van der Waals surface area contributed by atoms with Crippen LogP contribution >= 0.6 is 0 Å². The minimum Gasteiger partial charge on any atom is -0.493 e. The van der Waals surface area contributed by atoms with E-state index in [9.17, 15) is 0 Å². The zero-order valence-corrected chi connectivity index (χ0v) is 25.0. The van der Waals surface area contributed by atoms with Crippen molar-refractivity contribution >= 4 is 28.9 Å². The van der Waals surface area contributed by atoms with E-state index >= 15 is 0 Å². The monoisotopic (exact) mass is 560 g/mol. The number of nitrogens with one attached hydrogen (secondary N) is 3. The van der Waals surface area contributed by atoms with Crippen LogP contribution < -0.4 is 20.1 Å². The lowest BCUT2D eigenvalue weighted by molar-refractivity contribution is -0.109. The molecule has 9 nitrogen and oxygen atoms in total. The van der Waals surface area contributed by atoms with Crippen LogP contribution in [0.2, 0.25) is 0 Å². The van der Waals surface area contributed by atoms with E-state index in [-0.39, 0.29) is 0 Å². The molecule has 0 bridgehead atoms. The van der Waals surface area contributed by atoms with Gasteiger partial charge in [0.05, 0.1) is 18.6 Å². The molecule has 4 aromatic rings. The Balaban J connectivity index is 0.00000108. The number of hydrogen-bond donors (Lipinski definition) is 3. The van der Waals surface area contributed by atoms with Crippen molar-refractivity contribution in [2.24, 2.45) is 0 Å². The summed E-state index contributed by atoms with van der Waals surface area (Å²) in [5, 5.41) is 6.79. The average molecular weight is 561 g/mol. The summed E-state index contributed by atoms with van der Waals surface area (Å²) in [6.45, 7) is 9.52. The number of H-pyrrole nitrogens is 1. The Bertz CT molecular complexity index is 1340. The molecule has 0 radical (unpaired) electrons. The standard InChI is InChI=1S/C30H39N5O2.C2H5NO/c1-5-6-7-15-35(4)20-24-19-31-29-28(24)30(33-21-32-29)34-25-11-14-27(23(3)18-25)37-17-8-16-36-26-12-9-22(2)10-13-26;1-3-2-4/h9-14,18-19,21H,5-8,15-17,20H2,1-4H3,(H2,31,32,33,34);2H,1H3,(H,3,4). The van der Waals surface area contributed by atoms with Gasteiger partial charge in [-0.1, -0.05) is 37.5 Å². The minimum absolute atomic E-state index is 0.602. The van der Waals surface area contributed by atoms with Crippen LogP contribution in [0, 0.1) is 13.8 Å². The molecule has 0 fully saturated rings. The summed E-state index contributed by atoms with van der Waals surface area (Å²) in [5.74, 6) is 2.58. The summed E-state index contributed by atoms with van der Waals surface area (Å²) in [6.07, 6.45) is 8.78. The summed E-state index contributed by atoms with van der Waals surface area (Å²) < 4.78 is 11.8. The van der Waals surface area contributed by atoms with Gasteiger partial charge in [-0.25, -0.2) is 9.97 Å². The zero-order valence-electron chi connectivity index (χ0n) is 25.0. The molecule has 0 saturated heterocycles. The highest BCUT2D eigenvalue weighted by atomic mass is 16.5. The van der Waals surface area contributed by atoms with Crippen molar-refractivity contribution < 1.29 is 14.3 Å². The number of anilines is 2. The third-order valence-electron chi connectivity index (χ3n) is 6.53. The van der Waals surface area contributed by atoms with Crippen LogP contribution in [0.15, 0.2) is 55.0 Å². The van der Waals surface area contributed by atoms with Gasteiger partial charge in [0.15, 0.2) is 0 Å². The average Bonchev–Trinajstić information content (AvgIpc) is 3.38. The molecule has 41 heavy (non-hydrogen) atoms. The first-order valence-corrected chi connectivity index (χ1v) is 14.3. The summed E-state index contributed by atoms with van der Waals surface area (Å²) in [6, 6.07) is 14.2. The SMILES string of the molecule is CCCCCN(C)Cc1c[nH]c2ncnc(Nc3ccc(OCCCOc4ccc(C)cc4)c(C)c3)c12.CNC=O. The van der Waals surface area contributed by atoms with Crippen molar-refractivity contribution in [2.45, 2.75) is 53.0 Å². The van der Waals surface area contributed by atoms with Gasteiger partial charge in [0.1, 0.15) is 29.3 Å². The molecule has 220 valence electrons. The molecular formula is C32H44N6O3. The first-order chi connectivity index (χ1) is 19.9. The van der Waals surface area contributed by atoms with Crippen molar-refractivity contribution in [1.82, 2.24) is 25.2 Å². The number of ether oxygens (including phenoxy) is 2. The molecule has 4 rings (SSSR count). The van der Waals surface area contributed by atoms with Crippen molar-refractivity contribution in [1.29, 1.82) is 0 Å². The van der Waals surface area contributed by atoms with Crippen LogP contribution in [0.4, 0.5) is 11.5 Å². The number of nitrogens with zero attached hydrogens (tertiary/aromatic N) is 3. The van der Waals surface area contributed by atoms with Gasteiger partial charge in [-0.2, -0.15) is 0 Å². The summed E-state index contributed by atoms with van der Waals surface area (Å²) in [7, 11) is 3.73. The number of carbonyl (C=O) groups excluding carboxylic acids is 1. The molecule has 0 unspecified atom stereocenters. The Morgan fingerprint density at radius 1 is 1.00 bits per heavy atom. The lowest BCUT2D eigenvalue weighted by atomic mass is 10.1. The van der Waals surface area contributed by atoms with Crippen molar-refractivity contribution in [3.05, 3.63) is 71.7 Å². The fourth-order valence-electron chi connectivity index (χ4n) is 4.34. The number of benzene rings is 2. The maximum atomic E-state index is 9.06. The highest BCUT2D eigenvalue weighted by Crippen LogP contribution is 2.29. The fraction of sp³-hybridized carbons (Fsp3) is 0.406. The van der Waals surface area contributed by atoms with Crippen LogP contribution in [0.5, 0.6) is 11.5 Å². The maximum Gasteiger partial charge on any atom is 0.206 e. The molecular weight excluding hydrogens is 516 g/mol. The van der Waals surface area contributed by atoms with Gasteiger partial charge in [0, 0.05) is 31.9 Å². The molecule has 2 heterocycles. The first-order valence-electron chi connectivity index (χ1n) is 14.3. The highest BCUT2D eigenvalue weighted by Gasteiger charge is 2.13. The van der Waals surface area contributed by atoms with Crippen molar-refractivity contribution in [2.75, 3.05) is 39.2 Å². The van der Waals surface area contributed by atoms with E-state index in [1.807, 2.05) is 30.5 Å². The van der Waals surface area contributed by atoms with Crippen molar-refractivity contribution in [3.8, 4) is 11.5 Å². The molecule has 0 spiro atoms. The highest BCUT2D eigenvalue weighted by molar-refractivity contribution is 5.92. The van der Waals surface area contributed by atoms with Gasteiger partial charge < -0.3 is 30.0 Å². The molecule has 3 N–H and O–H groups in total. The number of aromatic amines is 1. The lowest BCUT2D eigenvalue weighted by Crippen LogP contribution is -2.19. The van der Waals surface area contributed by atoms with Gasteiger partial charge in [-0.3, -0.25) is 4.79 Å². The molecule has 2 aromatic carbocycles. The quantitative estimate of drug-likeness (QED) is 0.118. The summed E-state index contributed by atoms with van der Waals surface area (Å²) in [5.41, 5.74) is 5.31. The topological polar surface area (TPSA) is 104 Å². The van der Waals surface area contributed by atoms with E-state index in [1.165, 1.54) is 30.4 Å². The maximum absolute atomic E-state index is 9.06. The predicted octanol–water partition coefficient (Wildman–Crippen LogP) is 6.15. The van der Waals surface area contributed by atoms with Gasteiger partial charge in [-0.15, -0.1) is 0 Å². The number of amides is 1. The smallest absolute Gasteiger partial charge is 0.206 e.